The van der Waals surface area contributed by atoms with Crippen LogP contribution < -0.4 is 16.2 Å². The van der Waals surface area contributed by atoms with Gasteiger partial charge in [0.2, 0.25) is 11.8 Å². The first-order valence-electron chi connectivity index (χ1n) is 8.11. The van der Waals surface area contributed by atoms with Crippen molar-refractivity contribution in [3.8, 4) is 0 Å². The van der Waals surface area contributed by atoms with E-state index in [1.807, 2.05) is 26.8 Å². The number of nitrogens with one attached hydrogen (secondary N) is 2. The van der Waals surface area contributed by atoms with E-state index in [1.165, 1.54) is 11.8 Å². The maximum atomic E-state index is 12.7. The molecule has 0 unspecified atom stereocenters. The van der Waals surface area contributed by atoms with Crippen LogP contribution in [0.4, 0.5) is 0 Å². The summed E-state index contributed by atoms with van der Waals surface area (Å²) in [6.07, 6.45) is 0. The average molecular weight is 362 g/mol. The topological polar surface area (TPSA) is 93.1 Å². The van der Waals surface area contributed by atoms with Crippen molar-refractivity contribution >= 4 is 34.5 Å². The van der Waals surface area contributed by atoms with E-state index in [1.54, 1.807) is 22.8 Å². The van der Waals surface area contributed by atoms with Gasteiger partial charge in [-0.1, -0.05) is 23.9 Å². The molecule has 0 atom stereocenters. The van der Waals surface area contributed by atoms with Gasteiger partial charge in [0.05, 0.1) is 23.2 Å². The normalized spacial score (nSPS) is 10.9. The standard InChI is InChI=1S/C17H22N4O3S/c1-4-18-14(22)9-19-15(23)10-25-17-20-13-8-6-5-7-12(13)16(24)21(17)11(2)3/h5-8,11H,4,9-10H2,1-3H3,(H,18,22)(H,19,23). The molecule has 0 aliphatic heterocycles. The molecule has 0 aliphatic carbocycles. The van der Waals surface area contributed by atoms with Crippen LogP contribution in [0.15, 0.2) is 34.2 Å². The quantitative estimate of drug-likeness (QED) is 0.572. The van der Waals surface area contributed by atoms with Crippen molar-refractivity contribution in [1.82, 2.24) is 20.2 Å². The molecule has 8 heteroatoms. The van der Waals surface area contributed by atoms with Crippen LogP contribution >= 0.6 is 11.8 Å². The highest BCUT2D eigenvalue weighted by Gasteiger charge is 2.15. The van der Waals surface area contributed by atoms with E-state index < -0.39 is 0 Å². The Kier molecular flexibility index (Phi) is 6.58. The number of hydrogen-bond donors (Lipinski definition) is 2. The molecule has 134 valence electrons. The maximum Gasteiger partial charge on any atom is 0.262 e. The van der Waals surface area contributed by atoms with Crippen LogP contribution in [0.5, 0.6) is 0 Å². The van der Waals surface area contributed by atoms with Crippen molar-refractivity contribution < 1.29 is 9.59 Å². The van der Waals surface area contributed by atoms with Crippen molar-refractivity contribution in [2.24, 2.45) is 0 Å². The number of hydrogen-bond acceptors (Lipinski definition) is 5. The number of carbonyl (C=O) groups is 2. The fourth-order valence-corrected chi connectivity index (χ4v) is 3.26. The maximum absolute atomic E-state index is 12.7. The van der Waals surface area contributed by atoms with Gasteiger partial charge in [0.1, 0.15) is 0 Å². The lowest BCUT2D eigenvalue weighted by molar-refractivity contribution is -0.124. The zero-order chi connectivity index (χ0) is 18.4. The van der Waals surface area contributed by atoms with Gasteiger partial charge >= 0.3 is 0 Å². The van der Waals surface area contributed by atoms with Gasteiger partial charge < -0.3 is 10.6 Å². The van der Waals surface area contributed by atoms with E-state index in [0.29, 0.717) is 22.6 Å². The molecule has 1 aromatic carbocycles. The lowest BCUT2D eigenvalue weighted by Crippen LogP contribution is -2.37. The smallest absolute Gasteiger partial charge is 0.262 e. The number of amides is 2. The molecule has 0 radical (unpaired) electrons. The molecule has 0 saturated heterocycles. The van der Waals surface area contributed by atoms with Gasteiger partial charge in [-0.2, -0.15) is 0 Å². The zero-order valence-electron chi connectivity index (χ0n) is 14.5. The third-order valence-electron chi connectivity index (χ3n) is 3.44. The van der Waals surface area contributed by atoms with Crippen molar-refractivity contribution in [3.05, 3.63) is 34.6 Å². The van der Waals surface area contributed by atoms with E-state index >= 15 is 0 Å². The van der Waals surface area contributed by atoms with E-state index in [-0.39, 0.29) is 35.7 Å². The third-order valence-corrected chi connectivity index (χ3v) is 4.40. The number of fused-ring (bicyclic) bond motifs is 1. The molecule has 2 amide bonds. The van der Waals surface area contributed by atoms with Gasteiger partial charge in [0.15, 0.2) is 5.16 Å². The van der Waals surface area contributed by atoms with Gasteiger partial charge in [-0.25, -0.2) is 4.98 Å². The first-order chi connectivity index (χ1) is 11.9. The first kappa shape index (κ1) is 19.0. The second kappa shape index (κ2) is 8.66. The van der Waals surface area contributed by atoms with Gasteiger partial charge in [0.25, 0.3) is 5.56 Å². The SMILES string of the molecule is CCNC(=O)CNC(=O)CSc1nc2ccccc2c(=O)n1C(C)C. The van der Waals surface area contributed by atoms with Gasteiger partial charge in [-0.15, -0.1) is 0 Å². The number of aromatic nitrogens is 2. The summed E-state index contributed by atoms with van der Waals surface area (Å²) in [4.78, 5) is 40.5. The lowest BCUT2D eigenvalue weighted by atomic mass is 10.2. The van der Waals surface area contributed by atoms with E-state index in [2.05, 4.69) is 15.6 Å². The summed E-state index contributed by atoms with van der Waals surface area (Å²) in [5, 5.41) is 6.21. The van der Waals surface area contributed by atoms with Crippen molar-refractivity contribution in [3.63, 3.8) is 0 Å². The minimum Gasteiger partial charge on any atom is -0.355 e. The van der Waals surface area contributed by atoms with Crippen molar-refractivity contribution in [2.45, 2.75) is 32.0 Å². The number of likely N-dealkylation sites (N-methyl/N-ethyl adjacent to an activating group) is 1. The molecule has 2 rings (SSSR count). The van der Waals surface area contributed by atoms with Gasteiger partial charge in [-0.3, -0.25) is 19.0 Å². The number of thioether (sulfide) groups is 1. The fraction of sp³-hybridized carbons (Fsp3) is 0.412. The van der Waals surface area contributed by atoms with Crippen LogP contribution in [-0.2, 0) is 9.59 Å². The third kappa shape index (κ3) is 4.82. The summed E-state index contributed by atoms with van der Waals surface area (Å²) in [5.74, 6) is -0.436. The molecule has 0 spiro atoms. The second-order valence-electron chi connectivity index (χ2n) is 5.70. The summed E-state index contributed by atoms with van der Waals surface area (Å²) < 4.78 is 1.59. The molecule has 0 bridgehead atoms. The summed E-state index contributed by atoms with van der Waals surface area (Å²) >= 11 is 1.19. The van der Waals surface area contributed by atoms with Crippen LogP contribution in [0.1, 0.15) is 26.8 Å². The van der Waals surface area contributed by atoms with Crippen LogP contribution in [0, 0.1) is 0 Å². The molecule has 0 fully saturated rings. The Morgan fingerprint density at radius 3 is 2.60 bits per heavy atom. The highest BCUT2D eigenvalue weighted by atomic mass is 32.2. The van der Waals surface area contributed by atoms with Crippen LogP contribution in [0.25, 0.3) is 10.9 Å². The largest absolute Gasteiger partial charge is 0.355 e. The Morgan fingerprint density at radius 1 is 1.20 bits per heavy atom. The fourth-order valence-electron chi connectivity index (χ4n) is 2.30. The molecule has 1 heterocycles. The zero-order valence-corrected chi connectivity index (χ0v) is 15.4. The van der Waals surface area contributed by atoms with Crippen LogP contribution in [0.3, 0.4) is 0 Å². The van der Waals surface area contributed by atoms with E-state index in [0.717, 1.165) is 0 Å². The summed E-state index contributed by atoms with van der Waals surface area (Å²) in [6, 6.07) is 7.07. The molecular weight excluding hydrogens is 340 g/mol. The summed E-state index contributed by atoms with van der Waals surface area (Å²) in [7, 11) is 0. The molecule has 0 saturated carbocycles. The number of para-hydroxylation sites is 1. The van der Waals surface area contributed by atoms with Crippen LogP contribution in [0.2, 0.25) is 0 Å². The molecular formula is C17H22N4O3S. The minimum atomic E-state index is -0.283. The van der Waals surface area contributed by atoms with Crippen LogP contribution in [-0.4, -0.2) is 40.2 Å². The number of carbonyl (C=O) groups excluding carboxylic acids is 2. The van der Waals surface area contributed by atoms with E-state index in [4.69, 9.17) is 0 Å². The highest BCUT2D eigenvalue weighted by molar-refractivity contribution is 7.99. The van der Waals surface area contributed by atoms with Crippen molar-refractivity contribution in [2.75, 3.05) is 18.8 Å². The van der Waals surface area contributed by atoms with E-state index in [9.17, 15) is 14.4 Å². The second-order valence-corrected chi connectivity index (χ2v) is 6.64. The highest BCUT2D eigenvalue weighted by Crippen LogP contribution is 2.20. The lowest BCUT2D eigenvalue weighted by Gasteiger charge is -2.16. The summed E-state index contributed by atoms with van der Waals surface area (Å²) in [5.41, 5.74) is 0.487. The minimum absolute atomic E-state index is 0.0602. The predicted octanol–water partition coefficient (Wildman–Crippen LogP) is 1.32. The Bertz CT molecular complexity index is 832. The Balaban J connectivity index is 2.15. The first-order valence-corrected chi connectivity index (χ1v) is 9.10. The Morgan fingerprint density at radius 2 is 1.92 bits per heavy atom. The molecule has 2 N–H and O–H groups in total. The van der Waals surface area contributed by atoms with Gasteiger partial charge in [-0.05, 0) is 32.9 Å². The molecule has 7 nitrogen and oxygen atoms in total. The number of nitrogens with zero attached hydrogens (tertiary/aromatic N) is 2. The Hall–Kier alpha value is -2.35. The molecule has 1 aromatic heterocycles. The molecule has 0 aliphatic rings. The van der Waals surface area contributed by atoms with Gasteiger partial charge in [0, 0.05) is 12.6 Å². The Labute approximate surface area is 150 Å². The van der Waals surface area contributed by atoms with Crippen molar-refractivity contribution in [1.29, 1.82) is 0 Å². The average Bonchev–Trinajstić information content (AvgIpc) is 2.58. The number of benzene rings is 1. The molecule has 25 heavy (non-hydrogen) atoms. The predicted molar refractivity (Wildman–Crippen MR) is 98.8 cm³/mol. The number of rotatable bonds is 7. The summed E-state index contributed by atoms with van der Waals surface area (Å²) in [6.45, 7) is 6.07. The molecule has 2 aromatic rings. The monoisotopic (exact) mass is 362 g/mol.